The van der Waals surface area contributed by atoms with Crippen molar-refractivity contribution in [2.24, 2.45) is 0 Å². The zero-order valence-electron chi connectivity index (χ0n) is 10.0. The normalized spacial score (nSPS) is 9.80. The summed E-state index contributed by atoms with van der Waals surface area (Å²) in [5.41, 5.74) is 5.91. The number of halogens is 1. The van der Waals surface area contributed by atoms with E-state index in [2.05, 4.69) is 0 Å². The van der Waals surface area contributed by atoms with Crippen molar-refractivity contribution >= 4 is 23.0 Å². The molecule has 100 valence electrons. The minimum Gasteiger partial charge on any atom is -0.454 e. The number of hydrogen-bond donors (Lipinski definition) is 1. The lowest BCUT2D eigenvalue weighted by Gasteiger charge is -2.09. The molecule has 0 heterocycles. The van der Waals surface area contributed by atoms with Crippen LogP contribution in [0.1, 0.15) is 5.56 Å². The summed E-state index contributed by atoms with van der Waals surface area (Å²) in [6.45, 7) is 0. The van der Waals surface area contributed by atoms with Crippen molar-refractivity contribution in [2.45, 2.75) is 0 Å². The molecule has 2 N–H and O–H groups in total. The topological polar surface area (TPSA) is 102 Å². The highest BCUT2D eigenvalue weighted by Crippen LogP contribution is 2.32. The fourth-order valence-corrected chi connectivity index (χ4v) is 1.72. The van der Waals surface area contributed by atoms with Crippen molar-refractivity contribution in [3.05, 3.63) is 57.1 Å². The summed E-state index contributed by atoms with van der Waals surface area (Å²) in [7, 11) is 0. The summed E-state index contributed by atoms with van der Waals surface area (Å²) in [5, 5.41) is 20.1. The zero-order chi connectivity index (χ0) is 14.7. The molecule has 0 aliphatic carbocycles. The minimum absolute atomic E-state index is 0.0496. The number of nitrogens with two attached hydrogens (primary N) is 1. The lowest BCUT2D eigenvalue weighted by atomic mass is 10.2. The Balaban J connectivity index is 2.39. The molecular weight excluding hydrogens is 282 g/mol. The summed E-state index contributed by atoms with van der Waals surface area (Å²) in [6.07, 6.45) is 0. The third-order valence-corrected chi connectivity index (χ3v) is 2.72. The van der Waals surface area contributed by atoms with Gasteiger partial charge in [0, 0.05) is 17.2 Å². The van der Waals surface area contributed by atoms with Gasteiger partial charge in [0.05, 0.1) is 10.6 Å². The van der Waals surface area contributed by atoms with Crippen molar-refractivity contribution in [1.82, 2.24) is 0 Å². The van der Waals surface area contributed by atoms with E-state index in [1.165, 1.54) is 18.2 Å². The molecule has 0 amide bonds. The van der Waals surface area contributed by atoms with Crippen molar-refractivity contribution in [2.75, 3.05) is 5.73 Å². The van der Waals surface area contributed by atoms with Crippen LogP contribution >= 0.6 is 11.6 Å². The second kappa shape index (κ2) is 5.47. The van der Waals surface area contributed by atoms with Crippen LogP contribution in [0.15, 0.2) is 36.4 Å². The Labute approximate surface area is 119 Å². The smallest absolute Gasteiger partial charge is 0.271 e. The van der Waals surface area contributed by atoms with Gasteiger partial charge in [-0.05, 0) is 24.3 Å². The number of ether oxygens (including phenoxy) is 1. The molecule has 7 heteroatoms. The maximum Gasteiger partial charge on any atom is 0.271 e. The van der Waals surface area contributed by atoms with Crippen LogP contribution in [0.25, 0.3) is 0 Å². The van der Waals surface area contributed by atoms with Gasteiger partial charge in [0.15, 0.2) is 0 Å². The lowest BCUT2D eigenvalue weighted by Crippen LogP contribution is -1.95. The van der Waals surface area contributed by atoms with E-state index < -0.39 is 4.92 Å². The molecule has 2 aromatic rings. The van der Waals surface area contributed by atoms with E-state index in [1.807, 2.05) is 6.07 Å². The third-order valence-electron chi connectivity index (χ3n) is 2.49. The quantitative estimate of drug-likeness (QED) is 0.529. The molecule has 0 atom stereocenters. The highest BCUT2D eigenvalue weighted by molar-refractivity contribution is 6.30. The van der Waals surface area contributed by atoms with E-state index in [9.17, 15) is 10.1 Å². The van der Waals surface area contributed by atoms with Gasteiger partial charge in [-0.1, -0.05) is 11.6 Å². The third kappa shape index (κ3) is 2.79. The maximum atomic E-state index is 10.7. The maximum absolute atomic E-state index is 10.7. The van der Waals surface area contributed by atoms with Crippen LogP contribution in [0.2, 0.25) is 5.02 Å². The summed E-state index contributed by atoms with van der Waals surface area (Å²) >= 11 is 5.77. The number of benzene rings is 2. The second-order valence-electron chi connectivity index (χ2n) is 3.83. The number of non-ortho nitro benzene ring substituents is 1. The van der Waals surface area contributed by atoms with Crippen LogP contribution < -0.4 is 10.5 Å². The summed E-state index contributed by atoms with van der Waals surface area (Å²) in [4.78, 5) is 10.1. The van der Waals surface area contributed by atoms with Gasteiger partial charge < -0.3 is 10.5 Å². The molecule has 0 unspecified atom stereocenters. The number of nitrogen functional groups attached to an aromatic ring is 1. The first kappa shape index (κ1) is 13.6. The first-order valence-corrected chi connectivity index (χ1v) is 5.80. The molecule has 0 fully saturated rings. The Morgan fingerprint density at radius 1 is 1.25 bits per heavy atom. The molecule has 0 aliphatic heterocycles. The van der Waals surface area contributed by atoms with E-state index >= 15 is 0 Å². The molecule has 0 spiro atoms. The van der Waals surface area contributed by atoms with Crippen LogP contribution in [-0.4, -0.2) is 4.92 Å². The predicted octanol–water partition coefficient (Wildman–Crippen LogP) is 3.49. The molecule has 0 saturated carbocycles. The van der Waals surface area contributed by atoms with Crippen LogP contribution in [0.5, 0.6) is 11.5 Å². The van der Waals surface area contributed by atoms with E-state index in [1.54, 1.807) is 12.1 Å². The number of nitrogens with zero attached hydrogens (tertiary/aromatic N) is 2. The first-order valence-electron chi connectivity index (χ1n) is 5.42. The van der Waals surface area contributed by atoms with Crippen LogP contribution in [0.4, 0.5) is 11.4 Å². The number of nitro benzene ring substituents is 1. The van der Waals surface area contributed by atoms with Crippen molar-refractivity contribution in [3.8, 4) is 17.6 Å². The molecule has 0 saturated heterocycles. The van der Waals surface area contributed by atoms with Crippen LogP contribution in [-0.2, 0) is 0 Å². The SMILES string of the molecule is N#Cc1cc([N+](=O)[O-])ccc1Oc1ccc(Cl)cc1N. The molecule has 0 bridgehead atoms. The van der Waals surface area contributed by atoms with E-state index in [4.69, 9.17) is 27.3 Å². The molecule has 0 aromatic heterocycles. The largest absolute Gasteiger partial charge is 0.454 e. The first-order chi connectivity index (χ1) is 9.51. The van der Waals surface area contributed by atoms with Gasteiger partial charge in [0.25, 0.3) is 5.69 Å². The Morgan fingerprint density at radius 2 is 1.95 bits per heavy atom. The Bertz CT molecular complexity index is 725. The molecule has 2 aromatic carbocycles. The number of hydrogen-bond acceptors (Lipinski definition) is 5. The Morgan fingerprint density at radius 3 is 2.55 bits per heavy atom. The van der Waals surface area contributed by atoms with Gasteiger partial charge in [0.2, 0.25) is 0 Å². The molecule has 6 nitrogen and oxygen atoms in total. The summed E-state index contributed by atoms with van der Waals surface area (Å²) in [5.74, 6) is 0.506. The van der Waals surface area contributed by atoms with E-state index in [-0.39, 0.29) is 17.0 Å². The number of anilines is 1. The van der Waals surface area contributed by atoms with Gasteiger partial charge in [-0.15, -0.1) is 0 Å². The van der Waals surface area contributed by atoms with Gasteiger partial charge in [0.1, 0.15) is 23.1 Å². The fourth-order valence-electron chi connectivity index (χ4n) is 1.54. The summed E-state index contributed by atoms with van der Waals surface area (Å²) in [6, 6.07) is 10.2. The van der Waals surface area contributed by atoms with Gasteiger partial charge >= 0.3 is 0 Å². The number of rotatable bonds is 3. The second-order valence-corrected chi connectivity index (χ2v) is 4.27. The van der Waals surface area contributed by atoms with Crippen molar-refractivity contribution < 1.29 is 9.66 Å². The van der Waals surface area contributed by atoms with E-state index in [0.29, 0.717) is 16.5 Å². The minimum atomic E-state index is -0.582. The lowest BCUT2D eigenvalue weighted by molar-refractivity contribution is -0.384. The van der Waals surface area contributed by atoms with Crippen LogP contribution in [0.3, 0.4) is 0 Å². The fraction of sp³-hybridized carbons (Fsp3) is 0. The number of nitriles is 1. The van der Waals surface area contributed by atoms with Gasteiger partial charge in [-0.25, -0.2) is 0 Å². The average molecular weight is 290 g/mol. The highest BCUT2D eigenvalue weighted by atomic mass is 35.5. The predicted molar refractivity (Wildman–Crippen MR) is 73.7 cm³/mol. The molecule has 0 radical (unpaired) electrons. The molecule has 20 heavy (non-hydrogen) atoms. The van der Waals surface area contributed by atoms with Crippen molar-refractivity contribution in [1.29, 1.82) is 5.26 Å². The zero-order valence-corrected chi connectivity index (χ0v) is 10.8. The van der Waals surface area contributed by atoms with E-state index in [0.717, 1.165) is 6.07 Å². The molecule has 2 rings (SSSR count). The monoisotopic (exact) mass is 289 g/mol. The van der Waals surface area contributed by atoms with Gasteiger partial charge in [-0.3, -0.25) is 10.1 Å². The molecular formula is C13H8ClN3O3. The summed E-state index contributed by atoms with van der Waals surface area (Å²) < 4.78 is 5.49. The molecule has 0 aliphatic rings. The Kier molecular flexibility index (Phi) is 3.73. The number of nitro groups is 1. The average Bonchev–Trinajstić information content (AvgIpc) is 2.42. The Hall–Kier alpha value is -2.78. The van der Waals surface area contributed by atoms with Gasteiger partial charge in [-0.2, -0.15) is 5.26 Å². The standard InChI is InChI=1S/C13H8ClN3O3/c14-9-1-3-13(11(16)6-9)20-12-4-2-10(17(18)19)5-8(12)7-15/h1-6H,16H2. The highest BCUT2D eigenvalue weighted by Gasteiger charge is 2.13. The van der Waals surface area contributed by atoms with Crippen molar-refractivity contribution in [3.63, 3.8) is 0 Å². The van der Waals surface area contributed by atoms with Crippen LogP contribution in [0, 0.1) is 21.4 Å².